The molecule has 1 aliphatic carbocycles. The number of nitrogens with one attached hydrogen (secondary N) is 2. The molecule has 0 spiro atoms. The highest BCUT2D eigenvalue weighted by atomic mass is 16.5. The first-order chi connectivity index (χ1) is 13.6. The highest BCUT2D eigenvalue weighted by Gasteiger charge is 2.17. The normalized spacial score (nSPS) is 14.2. The van der Waals surface area contributed by atoms with Crippen LogP contribution >= 0.6 is 0 Å². The fourth-order valence-corrected chi connectivity index (χ4v) is 3.59. The smallest absolute Gasteiger partial charge is 0.251 e. The zero-order valence-corrected chi connectivity index (χ0v) is 17.1. The van der Waals surface area contributed by atoms with Crippen molar-refractivity contribution in [3.05, 3.63) is 17.7 Å². The molecule has 0 aliphatic heterocycles. The van der Waals surface area contributed by atoms with Gasteiger partial charge in [-0.15, -0.1) is 0 Å². The van der Waals surface area contributed by atoms with E-state index in [-0.39, 0.29) is 11.8 Å². The van der Waals surface area contributed by atoms with Crippen molar-refractivity contribution >= 4 is 11.8 Å². The van der Waals surface area contributed by atoms with Gasteiger partial charge in [0.25, 0.3) is 5.91 Å². The van der Waals surface area contributed by atoms with Gasteiger partial charge in [0.2, 0.25) is 11.7 Å². The molecule has 7 heteroatoms. The summed E-state index contributed by atoms with van der Waals surface area (Å²) in [4.78, 5) is 24.3. The molecule has 1 fully saturated rings. The van der Waals surface area contributed by atoms with Crippen molar-refractivity contribution < 1.29 is 23.8 Å². The van der Waals surface area contributed by atoms with Crippen LogP contribution in [0.25, 0.3) is 0 Å². The maximum Gasteiger partial charge on any atom is 0.251 e. The maximum absolute atomic E-state index is 12.4. The summed E-state index contributed by atoms with van der Waals surface area (Å²) >= 11 is 0. The topological polar surface area (TPSA) is 85.9 Å². The summed E-state index contributed by atoms with van der Waals surface area (Å²) in [5, 5.41) is 5.66. The summed E-state index contributed by atoms with van der Waals surface area (Å²) in [5.41, 5.74) is 0.401. The van der Waals surface area contributed by atoms with Crippen LogP contribution in [0.1, 0.15) is 55.3 Å². The second-order valence-electron chi connectivity index (χ2n) is 7.06. The number of methoxy groups -OCH3 is 3. The molecule has 2 N–H and O–H groups in total. The summed E-state index contributed by atoms with van der Waals surface area (Å²) in [6.07, 6.45) is 7.93. The van der Waals surface area contributed by atoms with Crippen molar-refractivity contribution in [1.82, 2.24) is 10.6 Å². The molecule has 0 bridgehead atoms. The molecule has 1 aromatic carbocycles. The predicted molar refractivity (Wildman–Crippen MR) is 107 cm³/mol. The average Bonchev–Trinajstić information content (AvgIpc) is 2.74. The van der Waals surface area contributed by atoms with Crippen LogP contribution in [0.5, 0.6) is 17.2 Å². The second-order valence-corrected chi connectivity index (χ2v) is 7.06. The zero-order chi connectivity index (χ0) is 20.4. The van der Waals surface area contributed by atoms with Crippen LogP contribution in [0.2, 0.25) is 0 Å². The number of amides is 2. The van der Waals surface area contributed by atoms with Crippen LogP contribution in [0.4, 0.5) is 0 Å². The van der Waals surface area contributed by atoms with Crippen LogP contribution in [-0.4, -0.2) is 46.2 Å². The van der Waals surface area contributed by atoms with Gasteiger partial charge in [-0.2, -0.15) is 0 Å². The van der Waals surface area contributed by atoms with Crippen LogP contribution in [0.15, 0.2) is 12.1 Å². The minimum absolute atomic E-state index is 0.0487. The Labute approximate surface area is 167 Å². The highest BCUT2D eigenvalue weighted by Crippen LogP contribution is 2.38. The largest absolute Gasteiger partial charge is 0.493 e. The quantitative estimate of drug-likeness (QED) is 0.598. The molecule has 7 nitrogen and oxygen atoms in total. The Morgan fingerprint density at radius 3 is 2.11 bits per heavy atom. The van der Waals surface area contributed by atoms with Crippen LogP contribution < -0.4 is 24.8 Å². The van der Waals surface area contributed by atoms with Crippen molar-refractivity contribution in [1.29, 1.82) is 0 Å². The lowest BCUT2D eigenvalue weighted by Crippen LogP contribution is -2.34. The molecule has 0 saturated heterocycles. The van der Waals surface area contributed by atoms with Crippen molar-refractivity contribution in [2.24, 2.45) is 5.92 Å². The lowest BCUT2D eigenvalue weighted by Gasteiger charge is -2.21. The number of carbonyl (C=O) groups excluding carboxylic acids is 2. The number of benzene rings is 1. The fourth-order valence-electron chi connectivity index (χ4n) is 3.59. The second kappa shape index (κ2) is 11.4. The summed E-state index contributed by atoms with van der Waals surface area (Å²) in [6, 6.07) is 3.19. The number of ether oxygens (including phenoxy) is 3. The van der Waals surface area contributed by atoms with Gasteiger partial charge < -0.3 is 24.8 Å². The Morgan fingerprint density at radius 1 is 0.929 bits per heavy atom. The van der Waals surface area contributed by atoms with E-state index < -0.39 is 0 Å². The molecule has 0 unspecified atom stereocenters. The summed E-state index contributed by atoms with van der Waals surface area (Å²) in [5.74, 6) is 1.75. The first kappa shape index (κ1) is 21.9. The monoisotopic (exact) mass is 392 g/mol. The third-order valence-electron chi connectivity index (χ3n) is 5.16. The van der Waals surface area contributed by atoms with Gasteiger partial charge in [-0.05, 0) is 24.5 Å². The Morgan fingerprint density at radius 2 is 1.54 bits per heavy atom. The molecule has 0 heterocycles. The van der Waals surface area contributed by atoms with Crippen molar-refractivity contribution in [2.45, 2.75) is 44.9 Å². The molecule has 0 atom stereocenters. The van der Waals surface area contributed by atoms with Crippen LogP contribution in [0, 0.1) is 5.92 Å². The highest BCUT2D eigenvalue weighted by molar-refractivity contribution is 5.95. The Balaban J connectivity index is 1.75. The van der Waals surface area contributed by atoms with E-state index in [2.05, 4.69) is 10.6 Å². The Bertz CT molecular complexity index is 631. The first-order valence-electron chi connectivity index (χ1n) is 9.94. The zero-order valence-electron chi connectivity index (χ0n) is 17.1. The standard InChI is InChI=1S/C21H32N2O5/c1-26-17-13-16(14-18(27-2)20(17)28-3)21(25)23-12-11-22-19(24)10-9-15-7-5-4-6-8-15/h13-15H,4-12H2,1-3H3,(H,22,24)(H,23,25). The van der Waals surface area contributed by atoms with Gasteiger partial charge in [-0.1, -0.05) is 32.1 Å². The first-order valence-corrected chi connectivity index (χ1v) is 9.94. The van der Waals surface area contributed by atoms with E-state index in [1.165, 1.54) is 53.4 Å². The third kappa shape index (κ3) is 6.32. The predicted octanol–water partition coefficient (Wildman–Crippen LogP) is 2.92. The molecule has 1 saturated carbocycles. The van der Waals surface area contributed by atoms with Crippen molar-refractivity contribution in [2.75, 3.05) is 34.4 Å². The van der Waals surface area contributed by atoms with Gasteiger partial charge >= 0.3 is 0 Å². The molecule has 156 valence electrons. The molecule has 0 radical (unpaired) electrons. The van der Waals surface area contributed by atoms with E-state index in [1.807, 2.05) is 0 Å². The summed E-state index contributed by atoms with van der Waals surface area (Å²) in [7, 11) is 4.51. The lowest BCUT2D eigenvalue weighted by molar-refractivity contribution is -0.121. The molecule has 1 aromatic rings. The van der Waals surface area contributed by atoms with Gasteiger partial charge in [0.15, 0.2) is 11.5 Å². The van der Waals surface area contributed by atoms with E-state index in [0.717, 1.165) is 6.42 Å². The molecule has 28 heavy (non-hydrogen) atoms. The Hall–Kier alpha value is -2.44. The number of rotatable bonds is 10. The van der Waals surface area contributed by atoms with Gasteiger partial charge in [-0.3, -0.25) is 9.59 Å². The number of hydrogen-bond acceptors (Lipinski definition) is 5. The molecule has 1 aliphatic rings. The van der Waals surface area contributed by atoms with E-state index in [1.54, 1.807) is 12.1 Å². The van der Waals surface area contributed by atoms with Gasteiger partial charge in [-0.25, -0.2) is 0 Å². The van der Waals surface area contributed by atoms with E-state index in [4.69, 9.17) is 14.2 Å². The Kier molecular flexibility index (Phi) is 8.91. The third-order valence-corrected chi connectivity index (χ3v) is 5.16. The average molecular weight is 392 g/mol. The SMILES string of the molecule is COc1cc(C(=O)NCCNC(=O)CCC2CCCCC2)cc(OC)c1OC. The maximum atomic E-state index is 12.4. The van der Waals surface area contributed by atoms with Crippen molar-refractivity contribution in [3.8, 4) is 17.2 Å². The lowest BCUT2D eigenvalue weighted by atomic mass is 9.86. The minimum atomic E-state index is -0.268. The van der Waals surface area contributed by atoms with Crippen LogP contribution in [-0.2, 0) is 4.79 Å². The molecular formula is C21H32N2O5. The molecular weight excluding hydrogens is 360 g/mol. The minimum Gasteiger partial charge on any atom is -0.493 e. The van der Waals surface area contributed by atoms with E-state index in [9.17, 15) is 9.59 Å². The van der Waals surface area contributed by atoms with Crippen LogP contribution in [0.3, 0.4) is 0 Å². The van der Waals surface area contributed by atoms with Gasteiger partial charge in [0.1, 0.15) is 0 Å². The molecule has 2 amide bonds. The summed E-state index contributed by atoms with van der Waals surface area (Å²) < 4.78 is 15.8. The number of hydrogen-bond donors (Lipinski definition) is 2. The molecule has 0 aromatic heterocycles. The van der Waals surface area contributed by atoms with Gasteiger partial charge in [0.05, 0.1) is 21.3 Å². The van der Waals surface area contributed by atoms with Crippen molar-refractivity contribution in [3.63, 3.8) is 0 Å². The summed E-state index contributed by atoms with van der Waals surface area (Å²) in [6.45, 7) is 0.754. The van der Waals surface area contributed by atoms with E-state index in [0.29, 0.717) is 48.2 Å². The number of carbonyl (C=O) groups is 2. The molecule has 2 rings (SSSR count). The van der Waals surface area contributed by atoms with Gasteiger partial charge in [0, 0.05) is 25.1 Å². The fraction of sp³-hybridized carbons (Fsp3) is 0.619. The van der Waals surface area contributed by atoms with E-state index >= 15 is 0 Å².